The van der Waals surface area contributed by atoms with Gasteiger partial charge in [-0.05, 0) is 56.3 Å². The molecule has 0 aromatic rings. The standard InChI is InChI=1S/C14H26O2/c1-10-6-7-14(15)13(8-10)11-4-3-5-12(9-11)16-2/h10-15H,3-9H2,1-2H3. The van der Waals surface area contributed by atoms with Gasteiger partial charge in [0.25, 0.3) is 0 Å². The minimum absolute atomic E-state index is 0.0446. The van der Waals surface area contributed by atoms with E-state index in [1.807, 2.05) is 7.11 Å². The van der Waals surface area contributed by atoms with Crippen LogP contribution < -0.4 is 0 Å². The fourth-order valence-electron chi connectivity index (χ4n) is 3.70. The van der Waals surface area contributed by atoms with Gasteiger partial charge >= 0.3 is 0 Å². The maximum atomic E-state index is 10.2. The minimum atomic E-state index is -0.0446. The van der Waals surface area contributed by atoms with Crippen molar-refractivity contribution in [3.05, 3.63) is 0 Å². The summed E-state index contributed by atoms with van der Waals surface area (Å²) in [6.07, 6.45) is 8.81. The predicted molar refractivity (Wildman–Crippen MR) is 65.3 cm³/mol. The Kier molecular flexibility index (Phi) is 4.26. The molecule has 0 aliphatic heterocycles. The van der Waals surface area contributed by atoms with E-state index in [9.17, 15) is 5.11 Å². The van der Waals surface area contributed by atoms with Crippen LogP contribution in [0.4, 0.5) is 0 Å². The highest BCUT2D eigenvalue weighted by Gasteiger charge is 2.35. The molecule has 2 aliphatic carbocycles. The van der Waals surface area contributed by atoms with Gasteiger partial charge in [-0.3, -0.25) is 0 Å². The summed E-state index contributed by atoms with van der Waals surface area (Å²) in [4.78, 5) is 0. The first-order chi connectivity index (χ1) is 7.70. The average molecular weight is 226 g/mol. The Labute approximate surface area is 99.4 Å². The van der Waals surface area contributed by atoms with Gasteiger partial charge in [-0.1, -0.05) is 13.3 Å². The number of hydrogen-bond acceptors (Lipinski definition) is 2. The maximum Gasteiger partial charge on any atom is 0.0574 e. The quantitative estimate of drug-likeness (QED) is 0.784. The van der Waals surface area contributed by atoms with Crippen LogP contribution in [0.15, 0.2) is 0 Å². The smallest absolute Gasteiger partial charge is 0.0574 e. The van der Waals surface area contributed by atoms with Gasteiger partial charge in [-0.2, -0.15) is 0 Å². The van der Waals surface area contributed by atoms with Crippen molar-refractivity contribution in [3.8, 4) is 0 Å². The average Bonchev–Trinajstić information content (AvgIpc) is 2.32. The molecule has 16 heavy (non-hydrogen) atoms. The first-order valence-electron chi connectivity index (χ1n) is 6.91. The molecular formula is C14H26O2. The largest absolute Gasteiger partial charge is 0.393 e. The van der Waals surface area contributed by atoms with Crippen molar-refractivity contribution >= 4 is 0 Å². The zero-order valence-electron chi connectivity index (χ0n) is 10.7. The summed E-state index contributed by atoms with van der Waals surface area (Å²) in [6, 6.07) is 0. The molecule has 2 saturated carbocycles. The van der Waals surface area contributed by atoms with E-state index in [-0.39, 0.29) is 6.10 Å². The lowest BCUT2D eigenvalue weighted by molar-refractivity contribution is -0.0221. The van der Waals surface area contributed by atoms with Crippen molar-refractivity contribution in [2.24, 2.45) is 17.8 Å². The first kappa shape index (κ1) is 12.4. The van der Waals surface area contributed by atoms with E-state index in [0.29, 0.717) is 17.9 Å². The highest BCUT2D eigenvalue weighted by Crippen LogP contribution is 2.40. The third-order valence-electron chi connectivity index (χ3n) is 4.73. The van der Waals surface area contributed by atoms with Crippen LogP contribution in [0.3, 0.4) is 0 Å². The van der Waals surface area contributed by atoms with Crippen molar-refractivity contribution in [2.75, 3.05) is 7.11 Å². The molecule has 5 atom stereocenters. The van der Waals surface area contributed by atoms with Crippen LogP contribution in [0.2, 0.25) is 0 Å². The molecule has 94 valence electrons. The van der Waals surface area contributed by atoms with Crippen molar-refractivity contribution in [1.29, 1.82) is 0 Å². The summed E-state index contributed by atoms with van der Waals surface area (Å²) in [5.41, 5.74) is 0. The van der Waals surface area contributed by atoms with Crippen LogP contribution in [0.25, 0.3) is 0 Å². The Balaban J connectivity index is 1.94. The molecule has 5 unspecified atom stereocenters. The second kappa shape index (κ2) is 5.50. The van der Waals surface area contributed by atoms with Crippen molar-refractivity contribution in [1.82, 2.24) is 0 Å². The highest BCUT2D eigenvalue weighted by molar-refractivity contribution is 4.86. The molecule has 1 N–H and O–H groups in total. The molecule has 2 nitrogen and oxygen atoms in total. The second-order valence-electron chi connectivity index (χ2n) is 5.93. The van der Waals surface area contributed by atoms with Crippen LogP contribution in [-0.2, 0) is 4.74 Å². The minimum Gasteiger partial charge on any atom is -0.393 e. The first-order valence-corrected chi connectivity index (χ1v) is 6.91. The summed E-state index contributed by atoms with van der Waals surface area (Å²) in [5.74, 6) is 2.05. The monoisotopic (exact) mass is 226 g/mol. The van der Waals surface area contributed by atoms with E-state index < -0.39 is 0 Å². The zero-order chi connectivity index (χ0) is 11.5. The zero-order valence-corrected chi connectivity index (χ0v) is 10.7. The van der Waals surface area contributed by atoms with Gasteiger partial charge in [-0.15, -0.1) is 0 Å². The van der Waals surface area contributed by atoms with Crippen LogP contribution in [-0.4, -0.2) is 24.4 Å². The summed E-state index contributed by atoms with van der Waals surface area (Å²) >= 11 is 0. The summed E-state index contributed by atoms with van der Waals surface area (Å²) in [5, 5.41) is 10.2. The van der Waals surface area contributed by atoms with E-state index in [1.165, 1.54) is 38.5 Å². The Hall–Kier alpha value is -0.0800. The lowest BCUT2D eigenvalue weighted by atomic mass is 9.69. The molecular weight excluding hydrogens is 200 g/mol. The van der Waals surface area contributed by atoms with Gasteiger partial charge in [0.15, 0.2) is 0 Å². The molecule has 0 amide bonds. The summed E-state index contributed by atoms with van der Waals surface area (Å²) in [6.45, 7) is 2.33. The predicted octanol–water partition coefficient (Wildman–Crippen LogP) is 2.99. The molecule has 0 radical (unpaired) electrons. The van der Waals surface area contributed by atoms with Crippen molar-refractivity contribution in [3.63, 3.8) is 0 Å². The summed E-state index contributed by atoms with van der Waals surface area (Å²) < 4.78 is 5.49. The molecule has 2 fully saturated rings. The Morgan fingerprint density at radius 3 is 2.62 bits per heavy atom. The number of rotatable bonds is 2. The number of methoxy groups -OCH3 is 1. The molecule has 0 aromatic heterocycles. The third kappa shape index (κ3) is 2.78. The van der Waals surface area contributed by atoms with E-state index >= 15 is 0 Å². The van der Waals surface area contributed by atoms with Gasteiger partial charge in [0.05, 0.1) is 12.2 Å². The Bertz CT molecular complexity index is 217. The highest BCUT2D eigenvalue weighted by atomic mass is 16.5. The lowest BCUT2D eigenvalue weighted by Crippen LogP contribution is -2.37. The molecule has 2 rings (SSSR count). The van der Waals surface area contributed by atoms with Crippen LogP contribution >= 0.6 is 0 Å². The lowest BCUT2D eigenvalue weighted by Gasteiger charge is -2.40. The van der Waals surface area contributed by atoms with E-state index in [2.05, 4.69) is 6.92 Å². The molecule has 2 aliphatic rings. The van der Waals surface area contributed by atoms with Crippen LogP contribution in [0.1, 0.15) is 51.9 Å². The SMILES string of the molecule is COC1CCCC(C2CC(C)CCC2O)C1. The van der Waals surface area contributed by atoms with Gasteiger partial charge in [-0.25, -0.2) is 0 Å². The normalized spacial score (nSPS) is 45.6. The fraction of sp³-hybridized carbons (Fsp3) is 1.00. The molecule has 0 aromatic carbocycles. The van der Waals surface area contributed by atoms with E-state index in [4.69, 9.17) is 4.74 Å². The number of ether oxygens (including phenoxy) is 1. The fourth-order valence-corrected chi connectivity index (χ4v) is 3.70. The van der Waals surface area contributed by atoms with Crippen molar-refractivity contribution in [2.45, 2.75) is 64.1 Å². The van der Waals surface area contributed by atoms with Gasteiger partial charge in [0.2, 0.25) is 0 Å². The topological polar surface area (TPSA) is 29.5 Å². The number of aliphatic hydroxyl groups excluding tert-OH is 1. The van der Waals surface area contributed by atoms with Gasteiger partial charge in [0.1, 0.15) is 0 Å². The molecule has 0 bridgehead atoms. The van der Waals surface area contributed by atoms with Gasteiger partial charge < -0.3 is 9.84 Å². The molecule has 2 heteroatoms. The van der Waals surface area contributed by atoms with Gasteiger partial charge in [0, 0.05) is 7.11 Å². The van der Waals surface area contributed by atoms with Crippen molar-refractivity contribution < 1.29 is 9.84 Å². The molecule has 0 saturated heterocycles. The maximum absolute atomic E-state index is 10.2. The number of aliphatic hydroxyl groups is 1. The van der Waals surface area contributed by atoms with E-state index in [1.54, 1.807) is 0 Å². The Morgan fingerprint density at radius 1 is 1.06 bits per heavy atom. The second-order valence-corrected chi connectivity index (χ2v) is 5.93. The van der Waals surface area contributed by atoms with E-state index in [0.717, 1.165) is 12.3 Å². The summed E-state index contributed by atoms with van der Waals surface area (Å²) in [7, 11) is 1.83. The van der Waals surface area contributed by atoms with Crippen LogP contribution in [0, 0.1) is 17.8 Å². The van der Waals surface area contributed by atoms with Crippen LogP contribution in [0.5, 0.6) is 0 Å². The molecule has 0 spiro atoms. The molecule has 0 heterocycles. The number of hydrogen-bond donors (Lipinski definition) is 1. The third-order valence-corrected chi connectivity index (χ3v) is 4.73. The Morgan fingerprint density at radius 2 is 1.88 bits per heavy atom.